The van der Waals surface area contributed by atoms with Gasteiger partial charge in [-0.15, -0.1) is 10.2 Å². The van der Waals surface area contributed by atoms with Crippen LogP contribution in [-0.4, -0.2) is 39.2 Å². The molecule has 0 aliphatic heterocycles. The molecular weight excluding hydrogens is 330 g/mol. The summed E-state index contributed by atoms with van der Waals surface area (Å²) in [5.74, 6) is 1.13. The Bertz CT molecular complexity index is 885. The van der Waals surface area contributed by atoms with Gasteiger partial charge in [0.2, 0.25) is 11.8 Å². The van der Waals surface area contributed by atoms with Gasteiger partial charge < -0.3 is 14.4 Å². The third kappa shape index (κ3) is 3.91. The van der Waals surface area contributed by atoms with Gasteiger partial charge in [-0.1, -0.05) is 12.1 Å². The highest BCUT2D eigenvalue weighted by atomic mass is 16.4. The number of aromatic hydroxyl groups is 1. The normalized spacial score (nSPS) is 12.0. The molecule has 0 bridgehead atoms. The lowest BCUT2D eigenvalue weighted by molar-refractivity contribution is 0.0743. The van der Waals surface area contributed by atoms with Gasteiger partial charge in [0.05, 0.1) is 0 Å². The van der Waals surface area contributed by atoms with E-state index in [2.05, 4.69) is 10.2 Å². The fourth-order valence-electron chi connectivity index (χ4n) is 2.68. The van der Waals surface area contributed by atoms with Crippen molar-refractivity contribution < 1.29 is 14.3 Å². The van der Waals surface area contributed by atoms with Crippen LogP contribution in [0.4, 0.5) is 0 Å². The Morgan fingerprint density at radius 3 is 2.35 bits per heavy atom. The number of phenols is 1. The molecule has 3 rings (SSSR count). The second kappa shape index (κ2) is 7.39. The first-order valence-corrected chi connectivity index (χ1v) is 8.39. The second-order valence-corrected chi connectivity index (χ2v) is 6.34. The van der Waals surface area contributed by atoms with E-state index in [4.69, 9.17) is 4.42 Å². The molecule has 0 aliphatic carbocycles. The van der Waals surface area contributed by atoms with Crippen LogP contribution < -0.4 is 0 Å². The van der Waals surface area contributed by atoms with Crippen LogP contribution in [0.15, 0.2) is 52.9 Å². The highest BCUT2D eigenvalue weighted by Crippen LogP contribution is 2.19. The summed E-state index contributed by atoms with van der Waals surface area (Å²) in [4.78, 5) is 14.4. The van der Waals surface area contributed by atoms with E-state index in [1.165, 1.54) is 0 Å². The standard InChI is InChI=1S/C20H21N3O3/c1-13(12-15-4-10-18(24)11-5-15)23(3)20(25)17-8-6-16(7-9-17)19-22-21-14(2)26-19/h4-11,13,24H,12H2,1-3H3. The van der Waals surface area contributed by atoms with Crippen molar-refractivity contribution in [2.24, 2.45) is 0 Å². The fraction of sp³-hybridized carbons (Fsp3) is 0.250. The molecule has 0 radical (unpaired) electrons. The van der Waals surface area contributed by atoms with Crippen molar-refractivity contribution >= 4 is 5.91 Å². The SMILES string of the molecule is Cc1nnc(-c2ccc(C(=O)N(C)C(C)Cc3ccc(O)cc3)cc2)o1. The van der Waals surface area contributed by atoms with Gasteiger partial charge in [-0.3, -0.25) is 4.79 Å². The summed E-state index contributed by atoms with van der Waals surface area (Å²) < 4.78 is 5.39. The van der Waals surface area contributed by atoms with E-state index in [0.29, 0.717) is 23.8 Å². The Kier molecular flexibility index (Phi) is 5.02. The van der Waals surface area contributed by atoms with E-state index in [9.17, 15) is 9.90 Å². The molecule has 1 amide bonds. The number of hydrogen-bond donors (Lipinski definition) is 1. The number of phenolic OH excluding ortho intramolecular Hbond substituents is 1. The quantitative estimate of drug-likeness (QED) is 0.761. The summed E-state index contributed by atoms with van der Waals surface area (Å²) in [7, 11) is 1.79. The van der Waals surface area contributed by atoms with Gasteiger partial charge in [0, 0.05) is 31.1 Å². The first kappa shape index (κ1) is 17.7. The molecule has 0 aliphatic rings. The molecule has 0 fully saturated rings. The lowest BCUT2D eigenvalue weighted by Gasteiger charge is -2.25. The monoisotopic (exact) mass is 351 g/mol. The molecule has 1 unspecified atom stereocenters. The van der Waals surface area contributed by atoms with Gasteiger partial charge in [-0.05, 0) is 55.3 Å². The van der Waals surface area contributed by atoms with Crippen LogP contribution in [0.3, 0.4) is 0 Å². The summed E-state index contributed by atoms with van der Waals surface area (Å²) in [6, 6.07) is 14.2. The van der Waals surface area contributed by atoms with E-state index in [0.717, 1.165) is 11.1 Å². The van der Waals surface area contributed by atoms with Crippen LogP contribution in [0.25, 0.3) is 11.5 Å². The van der Waals surface area contributed by atoms with Crippen LogP contribution in [0.2, 0.25) is 0 Å². The summed E-state index contributed by atoms with van der Waals surface area (Å²) in [5.41, 5.74) is 2.45. The van der Waals surface area contributed by atoms with Crippen molar-refractivity contribution in [3.8, 4) is 17.2 Å². The predicted octanol–water partition coefficient (Wildman–Crippen LogP) is 3.45. The number of benzene rings is 2. The Balaban J connectivity index is 1.68. The average Bonchev–Trinajstić information content (AvgIpc) is 3.09. The van der Waals surface area contributed by atoms with Crippen molar-refractivity contribution in [1.82, 2.24) is 15.1 Å². The number of carbonyl (C=O) groups is 1. The molecule has 3 aromatic rings. The number of aryl methyl sites for hydroxylation is 1. The Hall–Kier alpha value is -3.15. The van der Waals surface area contributed by atoms with E-state index < -0.39 is 0 Å². The van der Waals surface area contributed by atoms with Gasteiger partial charge in [-0.25, -0.2) is 0 Å². The molecule has 1 aromatic heterocycles. The minimum Gasteiger partial charge on any atom is -0.508 e. The third-order valence-electron chi connectivity index (χ3n) is 4.35. The number of nitrogens with zero attached hydrogens (tertiary/aromatic N) is 3. The number of likely N-dealkylation sites (N-methyl/N-ethyl adjacent to an activating group) is 1. The zero-order chi connectivity index (χ0) is 18.7. The van der Waals surface area contributed by atoms with E-state index in [1.807, 2.05) is 19.1 Å². The summed E-state index contributed by atoms with van der Waals surface area (Å²) in [5, 5.41) is 17.2. The van der Waals surface area contributed by atoms with Gasteiger partial charge >= 0.3 is 0 Å². The highest BCUT2D eigenvalue weighted by molar-refractivity contribution is 5.94. The Morgan fingerprint density at radius 2 is 1.77 bits per heavy atom. The molecule has 0 saturated carbocycles. The van der Waals surface area contributed by atoms with Crippen molar-refractivity contribution in [3.63, 3.8) is 0 Å². The number of hydrogen-bond acceptors (Lipinski definition) is 5. The molecule has 1 heterocycles. The van der Waals surface area contributed by atoms with Gasteiger partial charge in [-0.2, -0.15) is 0 Å². The average molecular weight is 351 g/mol. The fourth-order valence-corrected chi connectivity index (χ4v) is 2.68. The summed E-state index contributed by atoms with van der Waals surface area (Å²) in [6.07, 6.45) is 0.710. The molecule has 6 nitrogen and oxygen atoms in total. The minimum atomic E-state index is -0.0514. The lowest BCUT2D eigenvalue weighted by Crippen LogP contribution is -2.36. The van der Waals surface area contributed by atoms with Gasteiger partial charge in [0.25, 0.3) is 5.91 Å². The highest BCUT2D eigenvalue weighted by Gasteiger charge is 2.18. The zero-order valence-electron chi connectivity index (χ0n) is 15.0. The number of carbonyl (C=O) groups excluding carboxylic acids is 1. The molecular formula is C20H21N3O3. The largest absolute Gasteiger partial charge is 0.508 e. The molecule has 2 aromatic carbocycles. The molecule has 0 saturated heterocycles. The van der Waals surface area contributed by atoms with Crippen molar-refractivity contribution in [3.05, 3.63) is 65.5 Å². The van der Waals surface area contributed by atoms with Crippen LogP contribution in [0.5, 0.6) is 5.75 Å². The van der Waals surface area contributed by atoms with Crippen LogP contribution in [0, 0.1) is 6.92 Å². The maximum Gasteiger partial charge on any atom is 0.253 e. The van der Waals surface area contributed by atoms with Crippen LogP contribution in [-0.2, 0) is 6.42 Å². The minimum absolute atomic E-state index is 0.0188. The molecule has 1 N–H and O–H groups in total. The number of amides is 1. The first-order valence-electron chi connectivity index (χ1n) is 8.39. The first-order chi connectivity index (χ1) is 12.4. The summed E-state index contributed by atoms with van der Waals surface area (Å²) in [6.45, 7) is 3.74. The molecule has 0 spiro atoms. The predicted molar refractivity (Wildman–Crippen MR) is 97.8 cm³/mol. The second-order valence-electron chi connectivity index (χ2n) is 6.34. The Morgan fingerprint density at radius 1 is 1.12 bits per heavy atom. The topological polar surface area (TPSA) is 79.5 Å². The van der Waals surface area contributed by atoms with E-state index >= 15 is 0 Å². The number of aromatic nitrogens is 2. The molecule has 6 heteroatoms. The summed E-state index contributed by atoms with van der Waals surface area (Å²) >= 11 is 0. The van der Waals surface area contributed by atoms with E-state index in [-0.39, 0.29) is 17.7 Å². The van der Waals surface area contributed by atoms with E-state index in [1.54, 1.807) is 55.3 Å². The van der Waals surface area contributed by atoms with Gasteiger partial charge in [0.15, 0.2) is 0 Å². The van der Waals surface area contributed by atoms with Crippen molar-refractivity contribution in [1.29, 1.82) is 0 Å². The zero-order valence-corrected chi connectivity index (χ0v) is 15.0. The van der Waals surface area contributed by atoms with Crippen LogP contribution >= 0.6 is 0 Å². The van der Waals surface area contributed by atoms with Crippen molar-refractivity contribution in [2.45, 2.75) is 26.3 Å². The maximum atomic E-state index is 12.7. The van der Waals surface area contributed by atoms with Crippen LogP contribution in [0.1, 0.15) is 28.7 Å². The third-order valence-corrected chi connectivity index (χ3v) is 4.35. The Labute approximate surface area is 152 Å². The molecule has 134 valence electrons. The number of rotatable bonds is 5. The smallest absolute Gasteiger partial charge is 0.253 e. The molecule has 26 heavy (non-hydrogen) atoms. The maximum absolute atomic E-state index is 12.7. The van der Waals surface area contributed by atoms with Crippen molar-refractivity contribution in [2.75, 3.05) is 7.05 Å². The molecule has 1 atom stereocenters. The van der Waals surface area contributed by atoms with Gasteiger partial charge in [0.1, 0.15) is 5.75 Å². The lowest BCUT2D eigenvalue weighted by atomic mass is 10.0.